The number of methoxy groups -OCH3 is 1. The predicted molar refractivity (Wildman–Crippen MR) is 48.1 cm³/mol. The maximum Gasteiger partial charge on any atom is 0.0900 e. The van der Waals surface area contributed by atoms with Gasteiger partial charge in [0.05, 0.1) is 12.7 Å². The van der Waals surface area contributed by atoms with Gasteiger partial charge in [-0.1, -0.05) is 6.92 Å². The summed E-state index contributed by atoms with van der Waals surface area (Å²) in [5, 5.41) is 9.43. The summed E-state index contributed by atoms with van der Waals surface area (Å²) < 4.78 is 4.86. The molecule has 0 aliphatic carbocycles. The molecule has 1 fully saturated rings. The first-order valence-corrected chi connectivity index (χ1v) is 4.61. The van der Waals surface area contributed by atoms with Crippen LogP contribution in [0.4, 0.5) is 0 Å². The van der Waals surface area contributed by atoms with Crippen LogP contribution in [0.2, 0.25) is 0 Å². The van der Waals surface area contributed by atoms with Gasteiger partial charge in [0.2, 0.25) is 0 Å². The van der Waals surface area contributed by atoms with Gasteiger partial charge in [-0.3, -0.25) is 0 Å². The standard InChI is InChI=1S/C9H19NO2/c1-8-3-4-10(5-8)6-9(11)7-12-2/h8-9,11H,3-7H2,1-2H3. The van der Waals surface area contributed by atoms with E-state index in [2.05, 4.69) is 11.8 Å². The molecule has 0 spiro atoms. The van der Waals surface area contributed by atoms with Gasteiger partial charge in [-0.05, 0) is 18.9 Å². The average molecular weight is 173 g/mol. The van der Waals surface area contributed by atoms with Crippen LogP contribution in [0, 0.1) is 5.92 Å². The zero-order valence-corrected chi connectivity index (χ0v) is 7.99. The Kier molecular flexibility index (Phi) is 3.98. The van der Waals surface area contributed by atoms with Crippen molar-refractivity contribution in [3.63, 3.8) is 0 Å². The fourth-order valence-corrected chi connectivity index (χ4v) is 1.74. The second-order valence-corrected chi connectivity index (χ2v) is 3.76. The number of aliphatic hydroxyl groups is 1. The molecule has 3 heteroatoms. The van der Waals surface area contributed by atoms with Gasteiger partial charge in [0, 0.05) is 20.2 Å². The Morgan fingerprint density at radius 2 is 2.42 bits per heavy atom. The molecule has 1 saturated heterocycles. The van der Waals surface area contributed by atoms with Crippen molar-refractivity contribution in [2.75, 3.05) is 33.4 Å². The molecule has 72 valence electrons. The third-order valence-electron chi connectivity index (χ3n) is 2.34. The molecule has 0 aromatic carbocycles. The van der Waals surface area contributed by atoms with Crippen molar-refractivity contribution in [2.45, 2.75) is 19.4 Å². The van der Waals surface area contributed by atoms with Crippen molar-refractivity contribution in [1.82, 2.24) is 4.90 Å². The fourth-order valence-electron chi connectivity index (χ4n) is 1.74. The Morgan fingerprint density at radius 1 is 1.67 bits per heavy atom. The molecular weight excluding hydrogens is 154 g/mol. The fraction of sp³-hybridized carbons (Fsp3) is 1.00. The van der Waals surface area contributed by atoms with Gasteiger partial charge in [0.25, 0.3) is 0 Å². The largest absolute Gasteiger partial charge is 0.389 e. The summed E-state index contributed by atoms with van der Waals surface area (Å²) in [6.45, 7) is 5.72. The van der Waals surface area contributed by atoms with Crippen LogP contribution in [-0.2, 0) is 4.74 Å². The number of nitrogens with zero attached hydrogens (tertiary/aromatic N) is 1. The van der Waals surface area contributed by atoms with E-state index in [-0.39, 0.29) is 6.10 Å². The third kappa shape index (κ3) is 3.09. The van der Waals surface area contributed by atoms with Crippen molar-refractivity contribution in [2.24, 2.45) is 5.92 Å². The van der Waals surface area contributed by atoms with Crippen molar-refractivity contribution in [3.05, 3.63) is 0 Å². The molecule has 0 amide bonds. The molecule has 0 radical (unpaired) electrons. The molecule has 2 unspecified atom stereocenters. The minimum absolute atomic E-state index is 0.319. The third-order valence-corrected chi connectivity index (χ3v) is 2.34. The van der Waals surface area contributed by atoms with Crippen LogP contribution >= 0.6 is 0 Å². The predicted octanol–water partition coefficient (Wildman–Crippen LogP) is 0.336. The Hall–Kier alpha value is -0.120. The van der Waals surface area contributed by atoms with Gasteiger partial charge in [0.15, 0.2) is 0 Å². The van der Waals surface area contributed by atoms with Crippen LogP contribution in [0.15, 0.2) is 0 Å². The zero-order chi connectivity index (χ0) is 8.97. The lowest BCUT2D eigenvalue weighted by atomic mass is 10.2. The lowest BCUT2D eigenvalue weighted by Crippen LogP contribution is -2.33. The Balaban J connectivity index is 2.14. The first-order valence-electron chi connectivity index (χ1n) is 4.61. The van der Waals surface area contributed by atoms with Crippen LogP contribution in [0.1, 0.15) is 13.3 Å². The molecule has 1 aliphatic rings. The molecule has 0 aromatic rings. The van der Waals surface area contributed by atoms with Crippen LogP contribution in [0.25, 0.3) is 0 Å². The SMILES string of the molecule is COCC(O)CN1CCC(C)C1. The second-order valence-electron chi connectivity index (χ2n) is 3.76. The van der Waals surface area contributed by atoms with Crippen molar-refractivity contribution >= 4 is 0 Å². The molecule has 1 aliphatic heterocycles. The summed E-state index contributed by atoms with van der Waals surface area (Å²) in [5.74, 6) is 0.791. The number of β-amino-alcohol motifs (C(OH)–C–C–N with tert-alkyl or cyclic N) is 1. The van der Waals surface area contributed by atoms with E-state index in [1.54, 1.807) is 7.11 Å². The highest BCUT2D eigenvalue weighted by Crippen LogP contribution is 2.14. The van der Waals surface area contributed by atoms with Crippen LogP contribution in [0.5, 0.6) is 0 Å². The molecule has 3 nitrogen and oxygen atoms in total. The Bertz CT molecular complexity index is 130. The lowest BCUT2D eigenvalue weighted by molar-refractivity contribution is 0.0422. The van der Waals surface area contributed by atoms with Gasteiger partial charge in [-0.25, -0.2) is 0 Å². The van der Waals surface area contributed by atoms with E-state index in [0.717, 1.165) is 25.6 Å². The highest BCUT2D eigenvalue weighted by molar-refractivity contribution is 4.74. The smallest absolute Gasteiger partial charge is 0.0900 e. The summed E-state index contributed by atoms with van der Waals surface area (Å²) in [7, 11) is 1.62. The van der Waals surface area contributed by atoms with E-state index < -0.39 is 0 Å². The Labute approximate surface area is 74.3 Å². The molecule has 0 bridgehead atoms. The molecule has 0 saturated carbocycles. The van der Waals surface area contributed by atoms with E-state index in [4.69, 9.17) is 4.74 Å². The molecule has 12 heavy (non-hydrogen) atoms. The number of ether oxygens (including phenoxy) is 1. The number of likely N-dealkylation sites (tertiary alicyclic amines) is 1. The van der Waals surface area contributed by atoms with Crippen molar-refractivity contribution < 1.29 is 9.84 Å². The first-order chi connectivity index (χ1) is 5.72. The number of hydrogen-bond donors (Lipinski definition) is 1. The highest BCUT2D eigenvalue weighted by Gasteiger charge is 2.20. The van der Waals surface area contributed by atoms with E-state index in [1.165, 1.54) is 6.42 Å². The van der Waals surface area contributed by atoms with Crippen molar-refractivity contribution in [1.29, 1.82) is 0 Å². The summed E-state index contributed by atoms with van der Waals surface area (Å²) in [5.41, 5.74) is 0. The maximum absolute atomic E-state index is 9.43. The van der Waals surface area contributed by atoms with E-state index in [1.807, 2.05) is 0 Å². The summed E-state index contributed by atoms with van der Waals surface area (Å²) >= 11 is 0. The zero-order valence-electron chi connectivity index (χ0n) is 7.99. The molecule has 2 atom stereocenters. The van der Waals surface area contributed by atoms with Crippen LogP contribution in [-0.4, -0.2) is 49.5 Å². The summed E-state index contributed by atoms with van der Waals surface area (Å²) in [4.78, 5) is 2.30. The lowest BCUT2D eigenvalue weighted by Gasteiger charge is -2.18. The van der Waals surface area contributed by atoms with Gasteiger partial charge in [-0.15, -0.1) is 0 Å². The van der Waals surface area contributed by atoms with Gasteiger partial charge in [0.1, 0.15) is 0 Å². The van der Waals surface area contributed by atoms with Gasteiger partial charge < -0.3 is 14.7 Å². The van der Waals surface area contributed by atoms with Gasteiger partial charge in [-0.2, -0.15) is 0 Å². The quantitative estimate of drug-likeness (QED) is 0.665. The monoisotopic (exact) mass is 173 g/mol. The normalized spacial score (nSPS) is 27.8. The van der Waals surface area contributed by atoms with E-state index in [0.29, 0.717) is 6.61 Å². The molecular formula is C9H19NO2. The van der Waals surface area contributed by atoms with Crippen LogP contribution < -0.4 is 0 Å². The number of hydrogen-bond acceptors (Lipinski definition) is 3. The van der Waals surface area contributed by atoms with Gasteiger partial charge >= 0.3 is 0 Å². The summed E-state index contributed by atoms with van der Waals surface area (Å²) in [6, 6.07) is 0. The number of rotatable bonds is 4. The number of aliphatic hydroxyl groups excluding tert-OH is 1. The maximum atomic E-state index is 9.43. The minimum Gasteiger partial charge on any atom is -0.389 e. The Morgan fingerprint density at radius 3 is 2.92 bits per heavy atom. The molecule has 1 rings (SSSR count). The minimum atomic E-state index is -0.319. The summed E-state index contributed by atoms with van der Waals surface area (Å²) in [6.07, 6.45) is 0.944. The second kappa shape index (κ2) is 4.80. The van der Waals surface area contributed by atoms with Crippen molar-refractivity contribution in [3.8, 4) is 0 Å². The van der Waals surface area contributed by atoms with E-state index in [9.17, 15) is 5.11 Å². The van der Waals surface area contributed by atoms with E-state index >= 15 is 0 Å². The highest BCUT2D eigenvalue weighted by atomic mass is 16.5. The molecule has 0 aromatic heterocycles. The topological polar surface area (TPSA) is 32.7 Å². The molecule has 1 N–H and O–H groups in total. The molecule has 1 heterocycles. The first kappa shape index (κ1) is 9.96. The average Bonchev–Trinajstić information content (AvgIpc) is 2.36. The van der Waals surface area contributed by atoms with Crippen LogP contribution in [0.3, 0.4) is 0 Å².